The fourth-order valence-corrected chi connectivity index (χ4v) is 1.82. The van der Waals surface area contributed by atoms with Gasteiger partial charge in [0.15, 0.2) is 0 Å². The summed E-state index contributed by atoms with van der Waals surface area (Å²) in [4.78, 5) is 0. The Morgan fingerprint density at radius 2 is 2.14 bits per heavy atom. The monoisotopic (exact) mass is 203 g/mol. The topological polar surface area (TPSA) is 39.7 Å². The number of ether oxygens (including phenoxy) is 3. The van der Waals surface area contributed by atoms with Gasteiger partial charge in [-0.1, -0.05) is 0 Å². The Balaban J connectivity index is 2.16. The van der Waals surface area contributed by atoms with Crippen LogP contribution in [0.15, 0.2) is 0 Å². The van der Waals surface area contributed by atoms with E-state index in [1.165, 1.54) is 0 Å². The lowest BCUT2D eigenvalue weighted by Gasteiger charge is -2.43. The van der Waals surface area contributed by atoms with Crippen molar-refractivity contribution in [3.8, 4) is 0 Å². The van der Waals surface area contributed by atoms with E-state index in [-0.39, 0.29) is 12.2 Å². The first-order chi connectivity index (χ1) is 6.83. The van der Waals surface area contributed by atoms with Gasteiger partial charge in [-0.05, 0) is 13.3 Å². The normalized spacial score (nSPS) is 31.5. The van der Waals surface area contributed by atoms with Gasteiger partial charge >= 0.3 is 0 Å². The highest BCUT2D eigenvalue weighted by molar-refractivity contribution is 4.96. The predicted octanol–water partition coefficient (Wildman–Crippen LogP) is 0.415. The van der Waals surface area contributed by atoms with Gasteiger partial charge in [0, 0.05) is 33.4 Å². The molecule has 1 fully saturated rings. The minimum Gasteiger partial charge on any atom is -0.383 e. The molecule has 0 spiro atoms. The van der Waals surface area contributed by atoms with Crippen molar-refractivity contribution in [2.24, 2.45) is 0 Å². The molecule has 0 aliphatic heterocycles. The maximum Gasteiger partial charge on any atom is 0.0986 e. The molecule has 0 aromatic heterocycles. The van der Waals surface area contributed by atoms with Crippen LogP contribution in [0.3, 0.4) is 0 Å². The highest BCUT2D eigenvalue weighted by Crippen LogP contribution is 2.26. The number of hydrogen-bond donors (Lipinski definition) is 1. The second kappa shape index (κ2) is 6.35. The first-order valence-corrected chi connectivity index (χ1v) is 5.20. The Morgan fingerprint density at radius 3 is 2.71 bits per heavy atom. The number of hydrogen-bond acceptors (Lipinski definition) is 4. The third-order valence-electron chi connectivity index (χ3n) is 2.61. The molecule has 0 aromatic rings. The van der Waals surface area contributed by atoms with E-state index in [1.54, 1.807) is 14.2 Å². The summed E-state index contributed by atoms with van der Waals surface area (Å²) >= 11 is 0. The van der Waals surface area contributed by atoms with Gasteiger partial charge in [-0.2, -0.15) is 0 Å². The smallest absolute Gasteiger partial charge is 0.0986 e. The maximum atomic E-state index is 5.52. The van der Waals surface area contributed by atoms with Gasteiger partial charge in [-0.15, -0.1) is 0 Å². The van der Waals surface area contributed by atoms with Gasteiger partial charge in [-0.3, -0.25) is 0 Å². The van der Waals surface area contributed by atoms with Gasteiger partial charge in [0.2, 0.25) is 0 Å². The van der Waals surface area contributed by atoms with Crippen LogP contribution in [-0.2, 0) is 14.2 Å². The molecule has 3 unspecified atom stereocenters. The Labute approximate surface area is 85.9 Å². The van der Waals surface area contributed by atoms with Crippen molar-refractivity contribution >= 4 is 0 Å². The van der Waals surface area contributed by atoms with Crippen molar-refractivity contribution in [1.82, 2.24) is 5.32 Å². The minimum atomic E-state index is 0.201. The highest BCUT2D eigenvalue weighted by atomic mass is 16.5. The van der Waals surface area contributed by atoms with E-state index < -0.39 is 0 Å². The lowest BCUT2D eigenvalue weighted by atomic mass is 9.85. The Bertz CT molecular complexity index is 152. The molecule has 1 saturated carbocycles. The van der Waals surface area contributed by atoms with E-state index in [2.05, 4.69) is 5.32 Å². The molecule has 14 heavy (non-hydrogen) atoms. The van der Waals surface area contributed by atoms with Crippen LogP contribution in [0.5, 0.6) is 0 Å². The van der Waals surface area contributed by atoms with Crippen molar-refractivity contribution in [2.45, 2.75) is 31.6 Å². The van der Waals surface area contributed by atoms with Gasteiger partial charge < -0.3 is 19.5 Å². The fraction of sp³-hybridized carbons (Fsp3) is 1.00. The Hall–Kier alpha value is -0.160. The molecular weight excluding hydrogens is 182 g/mol. The zero-order valence-corrected chi connectivity index (χ0v) is 9.29. The molecule has 0 heterocycles. The zero-order chi connectivity index (χ0) is 10.4. The van der Waals surface area contributed by atoms with Gasteiger partial charge in [0.05, 0.1) is 18.8 Å². The molecule has 0 amide bonds. The summed E-state index contributed by atoms with van der Waals surface area (Å²) in [7, 11) is 3.44. The second-order valence-electron chi connectivity index (χ2n) is 3.48. The first kappa shape index (κ1) is 11.9. The number of nitrogens with one attached hydrogen (secondary N) is 1. The van der Waals surface area contributed by atoms with Crippen molar-refractivity contribution in [3.05, 3.63) is 0 Å². The van der Waals surface area contributed by atoms with E-state index in [9.17, 15) is 0 Å². The molecule has 4 heteroatoms. The third kappa shape index (κ3) is 2.92. The van der Waals surface area contributed by atoms with Gasteiger partial charge in [-0.25, -0.2) is 0 Å². The largest absolute Gasteiger partial charge is 0.383 e. The minimum absolute atomic E-state index is 0.201. The molecule has 4 nitrogen and oxygen atoms in total. The molecular formula is C10H21NO3. The summed E-state index contributed by atoms with van der Waals surface area (Å²) < 4.78 is 15.9. The third-order valence-corrected chi connectivity index (χ3v) is 2.61. The van der Waals surface area contributed by atoms with Crippen LogP contribution >= 0.6 is 0 Å². The summed E-state index contributed by atoms with van der Waals surface area (Å²) in [6, 6.07) is 0.423. The van der Waals surface area contributed by atoms with Gasteiger partial charge in [0.1, 0.15) is 0 Å². The molecule has 1 aliphatic rings. The van der Waals surface area contributed by atoms with Crippen molar-refractivity contribution < 1.29 is 14.2 Å². The van der Waals surface area contributed by atoms with E-state index in [1.807, 2.05) is 6.92 Å². The standard InChI is InChI=1S/C10H21NO3/c1-4-14-9-7-8(10(9)13-3)11-5-6-12-2/h8-11H,4-7H2,1-3H3. The molecule has 84 valence electrons. The molecule has 0 saturated heterocycles. The Kier molecular flexibility index (Phi) is 5.40. The van der Waals surface area contributed by atoms with Crippen LogP contribution in [0, 0.1) is 0 Å². The van der Waals surface area contributed by atoms with E-state index >= 15 is 0 Å². The fourth-order valence-electron chi connectivity index (χ4n) is 1.82. The number of rotatable bonds is 7. The summed E-state index contributed by atoms with van der Waals surface area (Å²) in [6.45, 7) is 4.39. The summed E-state index contributed by atoms with van der Waals surface area (Å²) in [5.74, 6) is 0. The summed E-state index contributed by atoms with van der Waals surface area (Å²) in [5, 5.41) is 3.38. The van der Waals surface area contributed by atoms with E-state index in [4.69, 9.17) is 14.2 Å². The first-order valence-electron chi connectivity index (χ1n) is 5.20. The van der Waals surface area contributed by atoms with Crippen LogP contribution in [0.1, 0.15) is 13.3 Å². The molecule has 0 bridgehead atoms. The van der Waals surface area contributed by atoms with Crippen LogP contribution in [0.2, 0.25) is 0 Å². The van der Waals surface area contributed by atoms with Crippen LogP contribution < -0.4 is 5.32 Å². The summed E-state index contributed by atoms with van der Waals surface area (Å²) in [6.07, 6.45) is 1.51. The second-order valence-corrected chi connectivity index (χ2v) is 3.48. The predicted molar refractivity (Wildman–Crippen MR) is 54.5 cm³/mol. The molecule has 1 aliphatic carbocycles. The van der Waals surface area contributed by atoms with Crippen LogP contribution in [0.4, 0.5) is 0 Å². The maximum absolute atomic E-state index is 5.52. The van der Waals surface area contributed by atoms with E-state index in [0.29, 0.717) is 6.04 Å². The highest BCUT2D eigenvalue weighted by Gasteiger charge is 2.41. The van der Waals surface area contributed by atoms with E-state index in [0.717, 1.165) is 26.2 Å². The van der Waals surface area contributed by atoms with Crippen molar-refractivity contribution in [3.63, 3.8) is 0 Å². The van der Waals surface area contributed by atoms with Crippen LogP contribution in [0.25, 0.3) is 0 Å². The molecule has 3 atom stereocenters. The molecule has 0 radical (unpaired) electrons. The average molecular weight is 203 g/mol. The molecule has 0 aromatic carbocycles. The lowest BCUT2D eigenvalue weighted by Crippen LogP contribution is -2.60. The SMILES string of the molecule is CCOC1CC(NCCOC)C1OC. The quantitative estimate of drug-likeness (QED) is 0.609. The molecule has 1 rings (SSSR count). The van der Waals surface area contributed by atoms with Gasteiger partial charge in [0.25, 0.3) is 0 Å². The van der Waals surface area contributed by atoms with Crippen molar-refractivity contribution in [1.29, 1.82) is 0 Å². The molecule has 1 N–H and O–H groups in total. The van der Waals surface area contributed by atoms with Crippen LogP contribution in [-0.4, -0.2) is 52.2 Å². The average Bonchev–Trinajstić information content (AvgIpc) is 2.16. The zero-order valence-electron chi connectivity index (χ0n) is 9.29. The lowest BCUT2D eigenvalue weighted by molar-refractivity contribution is -0.131. The Morgan fingerprint density at radius 1 is 1.36 bits per heavy atom. The van der Waals surface area contributed by atoms with Crippen molar-refractivity contribution in [2.75, 3.05) is 34.0 Å². The summed E-state index contributed by atoms with van der Waals surface area (Å²) in [5.41, 5.74) is 0. The number of methoxy groups -OCH3 is 2.